The van der Waals surface area contributed by atoms with Crippen molar-refractivity contribution in [1.82, 2.24) is 0 Å². The van der Waals surface area contributed by atoms with Crippen LogP contribution in [0.2, 0.25) is 0 Å². The number of rotatable bonds is 2. The Bertz CT molecular complexity index is 572. The van der Waals surface area contributed by atoms with Gasteiger partial charge >= 0.3 is 0 Å². The standard InChI is InChI=1S/C17H20O3/c1-10(2)13-5-6-15(18)14-9-11-8-12(19-3)4-7-16(11)20-17(13)14/h4,7-10,13,17H,5-6H2,1-3H3. The molecule has 0 radical (unpaired) electrons. The summed E-state index contributed by atoms with van der Waals surface area (Å²) in [5.74, 6) is 2.78. The summed E-state index contributed by atoms with van der Waals surface area (Å²) in [6, 6.07) is 5.75. The third kappa shape index (κ3) is 2.11. The van der Waals surface area contributed by atoms with Crippen molar-refractivity contribution in [1.29, 1.82) is 0 Å². The third-order valence-corrected chi connectivity index (χ3v) is 4.36. The van der Waals surface area contributed by atoms with E-state index in [1.54, 1.807) is 7.11 Å². The van der Waals surface area contributed by atoms with E-state index >= 15 is 0 Å². The lowest BCUT2D eigenvalue weighted by Gasteiger charge is -2.38. The van der Waals surface area contributed by atoms with Gasteiger partial charge in [-0.2, -0.15) is 0 Å². The zero-order valence-corrected chi connectivity index (χ0v) is 12.2. The Balaban J connectivity index is 2.03. The summed E-state index contributed by atoms with van der Waals surface area (Å²) >= 11 is 0. The van der Waals surface area contributed by atoms with E-state index in [0.29, 0.717) is 18.3 Å². The maximum Gasteiger partial charge on any atom is 0.162 e. The third-order valence-electron chi connectivity index (χ3n) is 4.36. The van der Waals surface area contributed by atoms with Crippen LogP contribution in [0.25, 0.3) is 6.08 Å². The van der Waals surface area contributed by atoms with E-state index in [0.717, 1.165) is 29.1 Å². The molecule has 3 heteroatoms. The van der Waals surface area contributed by atoms with E-state index in [-0.39, 0.29) is 11.9 Å². The number of Topliss-reactive ketones (excluding diaryl/α,β-unsaturated/α-hetero) is 1. The molecule has 2 aliphatic rings. The average molecular weight is 272 g/mol. The minimum atomic E-state index is -0.0860. The van der Waals surface area contributed by atoms with Crippen LogP contribution in [-0.4, -0.2) is 19.0 Å². The predicted octanol–water partition coefficient (Wildman–Crippen LogP) is 3.47. The van der Waals surface area contributed by atoms with Crippen LogP contribution in [0.15, 0.2) is 23.8 Å². The normalized spacial score (nSPS) is 24.6. The Morgan fingerprint density at radius 3 is 2.85 bits per heavy atom. The van der Waals surface area contributed by atoms with Gasteiger partial charge in [-0.15, -0.1) is 0 Å². The van der Waals surface area contributed by atoms with Crippen LogP contribution in [0.1, 0.15) is 32.3 Å². The molecule has 2 unspecified atom stereocenters. The Kier molecular flexibility index (Phi) is 3.28. The van der Waals surface area contributed by atoms with E-state index in [1.807, 2.05) is 24.3 Å². The van der Waals surface area contributed by atoms with Crippen molar-refractivity contribution < 1.29 is 14.3 Å². The van der Waals surface area contributed by atoms with Gasteiger partial charge in [0.2, 0.25) is 0 Å². The largest absolute Gasteiger partial charge is 0.497 e. The topological polar surface area (TPSA) is 35.5 Å². The fraction of sp³-hybridized carbons (Fsp3) is 0.471. The molecule has 1 aromatic rings. The molecule has 0 bridgehead atoms. The number of benzene rings is 1. The quantitative estimate of drug-likeness (QED) is 0.827. The number of hydrogen-bond donors (Lipinski definition) is 0. The van der Waals surface area contributed by atoms with Crippen molar-refractivity contribution in [2.24, 2.45) is 11.8 Å². The maximum atomic E-state index is 12.2. The van der Waals surface area contributed by atoms with Crippen molar-refractivity contribution in [2.75, 3.05) is 7.11 Å². The number of fused-ring (bicyclic) bond motifs is 2. The second-order valence-corrected chi connectivity index (χ2v) is 5.91. The van der Waals surface area contributed by atoms with Crippen LogP contribution in [0, 0.1) is 11.8 Å². The smallest absolute Gasteiger partial charge is 0.162 e. The number of ether oxygens (including phenoxy) is 2. The molecule has 1 aliphatic carbocycles. The van der Waals surface area contributed by atoms with Gasteiger partial charge in [-0.1, -0.05) is 13.8 Å². The van der Waals surface area contributed by atoms with Crippen LogP contribution in [0.5, 0.6) is 11.5 Å². The highest BCUT2D eigenvalue weighted by molar-refractivity contribution is 6.02. The van der Waals surface area contributed by atoms with Gasteiger partial charge in [0.05, 0.1) is 7.11 Å². The molecule has 3 rings (SSSR count). The lowest BCUT2D eigenvalue weighted by Crippen LogP contribution is -2.40. The lowest BCUT2D eigenvalue weighted by molar-refractivity contribution is -0.119. The summed E-state index contributed by atoms with van der Waals surface area (Å²) in [6.07, 6.45) is 3.46. The maximum absolute atomic E-state index is 12.2. The first-order chi connectivity index (χ1) is 9.60. The molecule has 0 N–H and O–H groups in total. The first kappa shape index (κ1) is 13.2. The van der Waals surface area contributed by atoms with Gasteiger partial charge in [-0.3, -0.25) is 4.79 Å². The molecular weight excluding hydrogens is 252 g/mol. The summed E-state index contributed by atoms with van der Waals surface area (Å²) < 4.78 is 11.4. The van der Waals surface area contributed by atoms with E-state index in [9.17, 15) is 4.79 Å². The Morgan fingerprint density at radius 1 is 1.35 bits per heavy atom. The van der Waals surface area contributed by atoms with Gasteiger partial charge in [0.25, 0.3) is 0 Å². The molecule has 0 spiro atoms. The second-order valence-electron chi connectivity index (χ2n) is 5.91. The zero-order valence-electron chi connectivity index (χ0n) is 12.2. The molecule has 106 valence electrons. The number of carbonyl (C=O) groups is 1. The fourth-order valence-electron chi connectivity index (χ4n) is 3.16. The van der Waals surface area contributed by atoms with E-state index in [1.165, 1.54) is 0 Å². The summed E-state index contributed by atoms with van der Waals surface area (Å²) in [5.41, 5.74) is 1.77. The van der Waals surface area contributed by atoms with Gasteiger partial charge in [-0.25, -0.2) is 0 Å². The van der Waals surface area contributed by atoms with Crippen LogP contribution in [-0.2, 0) is 4.79 Å². The average Bonchev–Trinajstić information content (AvgIpc) is 2.45. The van der Waals surface area contributed by atoms with E-state index in [4.69, 9.17) is 9.47 Å². The predicted molar refractivity (Wildman–Crippen MR) is 78.0 cm³/mol. The number of ketones is 1. The molecule has 1 aromatic carbocycles. The molecular formula is C17H20O3. The molecule has 1 fully saturated rings. The minimum absolute atomic E-state index is 0.0860. The summed E-state index contributed by atoms with van der Waals surface area (Å²) in [7, 11) is 1.64. The number of methoxy groups -OCH3 is 1. The fourth-order valence-corrected chi connectivity index (χ4v) is 3.16. The Hall–Kier alpha value is -1.77. The Labute approximate surface area is 119 Å². The van der Waals surface area contributed by atoms with Crippen molar-refractivity contribution >= 4 is 11.9 Å². The van der Waals surface area contributed by atoms with Gasteiger partial charge in [0.15, 0.2) is 5.78 Å². The van der Waals surface area contributed by atoms with Crippen molar-refractivity contribution in [2.45, 2.75) is 32.8 Å². The minimum Gasteiger partial charge on any atom is -0.497 e. The monoisotopic (exact) mass is 272 g/mol. The first-order valence-corrected chi connectivity index (χ1v) is 7.19. The molecule has 3 nitrogen and oxygen atoms in total. The van der Waals surface area contributed by atoms with Crippen molar-refractivity contribution in [3.8, 4) is 11.5 Å². The van der Waals surface area contributed by atoms with Gasteiger partial charge in [-0.05, 0) is 36.6 Å². The summed E-state index contributed by atoms with van der Waals surface area (Å²) in [5, 5.41) is 0. The molecule has 2 atom stereocenters. The van der Waals surface area contributed by atoms with Crippen molar-refractivity contribution in [3.05, 3.63) is 29.3 Å². The molecule has 0 amide bonds. The number of carbonyl (C=O) groups excluding carboxylic acids is 1. The zero-order chi connectivity index (χ0) is 14.3. The summed E-state index contributed by atoms with van der Waals surface area (Å²) in [4.78, 5) is 12.2. The van der Waals surface area contributed by atoms with Crippen molar-refractivity contribution in [3.63, 3.8) is 0 Å². The second kappa shape index (κ2) is 4.97. The van der Waals surface area contributed by atoms with Crippen LogP contribution >= 0.6 is 0 Å². The van der Waals surface area contributed by atoms with Gasteiger partial charge < -0.3 is 9.47 Å². The lowest BCUT2D eigenvalue weighted by atomic mass is 9.75. The van der Waals surface area contributed by atoms with E-state index in [2.05, 4.69) is 13.8 Å². The van der Waals surface area contributed by atoms with Gasteiger partial charge in [0.1, 0.15) is 17.6 Å². The Morgan fingerprint density at radius 2 is 2.15 bits per heavy atom. The molecule has 1 saturated carbocycles. The molecule has 1 aliphatic heterocycles. The first-order valence-electron chi connectivity index (χ1n) is 7.19. The van der Waals surface area contributed by atoms with E-state index < -0.39 is 0 Å². The molecule has 1 heterocycles. The van der Waals surface area contributed by atoms with Crippen LogP contribution in [0.4, 0.5) is 0 Å². The van der Waals surface area contributed by atoms with Crippen LogP contribution in [0.3, 0.4) is 0 Å². The number of hydrogen-bond acceptors (Lipinski definition) is 3. The highest BCUT2D eigenvalue weighted by atomic mass is 16.5. The highest BCUT2D eigenvalue weighted by Gasteiger charge is 2.39. The SMILES string of the molecule is COc1ccc2c(c1)C=C1C(=O)CCC(C(C)C)C1O2. The molecule has 0 aromatic heterocycles. The van der Waals surface area contributed by atoms with Gasteiger partial charge in [0, 0.05) is 23.5 Å². The van der Waals surface area contributed by atoms with Crippen LogP contribution < -0.4 is 9.47 Å². The summed E-state index contributed by atoms with van der Waals surface area (Å²) in [6.45, 7) is 4.40. The highest BCUT2D eigenvalue weighted by Crippen LogP contribution is 2.41. The molecule has 0 saturated heterocycles. The molecule has 20 heavy (non-hydrogen) atoms.